The summed E-state index contributed by atoms with van der Waals surface area (Å²) in [5.41, 5.74) is 1.65. The Balaban J connectivity index is 1.99. The Kier molecular flexibility index (Phi) is 3.72. The van der Waals surface area contributed by atoms with Crippen LogP contribution in [0.1, 0.15) is 24.3 Å². The van der Waals surface area contributed by atoms with Gasteiger partial charge in [-0.25, -0.2) is 4.98 Å². The number of hydrogen-bond acceptors (Lipinski definition) is 4. The molecule has 1 amide bonds. The first-order valence-electron chi connectivity index (χ1n) is 7.50. The van der Waals surface area contributed by atoms with Crippen molar-refractivity contribution in [1.82, 2.24) is 15.2 Å². The average Bonchev–Trinajstić information content (AvgIpc) is 3.02. The second-order valence-electron chi connectivity index (χ2n) is 6.19. The Bertz CT molecular complexity index is 784. The number of carbonyl (C=O) groups is 1. The predicted molar refractivity (Wildman–Crippen MR) is 92.4 cm³/mol. The van der Waals surface area contributed by atoms with E-state index in [0.29, 0.717) is 0 Å². The van der Waals surface area contributed by atoms with Crippen LogP contribution in [0.25, 0.3) is 10.6 Å². The zero-order chi connectivity index (χ0) is 16.8. The van der Waals surface area contributed by atoms with Gasteiger partial charge in [0, 0.05) is 18.8 Å². The van der Waals surface area contributed by atoms with E-state index in [9.17, 15) is 4.79 Å². The third-order valence-corrected chi connectivity index (χ3v) is 5.85. The number of benzene rings is 1. The van der Waals surface area contributed by atoms with Crippen molar-refractivity contribution in [1.29, 1.82) is 5.41 Å². The first kappa shape index (κ1) is 15.7. The third-order valence-electron chi connectivity index (χ3n) is 4.56. The molecule has 2 aromatic rings. The molecule has 1 aliphatic heterocycles. The molecule has 5 nitrogen and oxygen atoms in total. The number of carbonyl (C=O) groups excluding carboxylic acids is 1. The Labute approximate surface area is 139 Å². The number of aryl methyl sites for hydroxylation is 1. The highest BCUT2D eigenvalue weighted by Gasteiger charge is 2.45. The van der Waals surface area contributed by atoms with Gasteiger partial charge in [0.2, 0.25) is 5.91 Å². The van der Waals surface area contributed by atoms with Crippen molar-refractivity contribution in [3.05, 3.63) is 40.9 Å². The molecule has 1 aromatic carbocycles. The van der Waals surface area contributed by atoms with Gasteiger partial charge in [0.25, 0.3) is 0 Å². The predicted octanol–water partition coefficient (Wildman–Crippen LogP) is 2.97. The summed E-state index contributed by atoms with van der Waals surface area (Å²) in [6.07, 6.45) is 1.82. The second kappa shape index (κ2) is 5.45. The molecule has 1 fully saturated rings. The van der Waals surface area contributed by atoms with Crippen LogP contribution >= 0.6 is 11.3 Å². The van der Waals surface area contributed by atoms with Crippen molar-refractivity contribution < 1.29 is 4.79 Å². The molecule has 2 atom stereocenters. The molecule has 1 aliphatic rings. The first-order valence-corrected chi connectivity index (χ1v) is 8.32. The van der Waals surface area contributed by atoms with Gasteiger partial charge in [-0.2, -0.15) is 0 Å². The number of nitrogens with zero attached hydrogens (tertiary/aromatic N) is 2. The Morgan fingerprint density at radius 2 is 2.17 bits per heavy atom. The van der Waals surface area contributed by atoms with E-state index >= 15 is 0 Å². The van der Waals surface area contributed by atoms with Crippen molar-refractivity contribution >= 4 is 23.2 Å². The van der Waals surface area contributed by atoms with Crippen LogP contribution in [0.2, 0.25) is 0 Å². The van der Waals surface area contributed by atoms with E-state index in [0.717, 1.165) is 15.4 Å². The molecule has 120 valence electrons. The number of hydrogen-bond donors (Lipinski definition) is 2. The fraction of sp³-hybridized carbons (Fsp3) is 0.353. The smallest absolute Gasteiger partial charge is 0.234 e. The fourth-order valence-corrected chi connectivity index (χ4v) is 3.89. The van der Waals surface area contributed by atoms with Gasteiger partial charge in [0.05, 0.1) is 16.3 Å². The maximum absolute atomic E-state index is 12.4. The molecule has 0 saturated carbocycles. The molecule has 1 unspecified atom stereocenters. The second-order valence-corrected chi connectivity index (χ2v) is 7.22. The minimum absolute atomic E-state index is 0.0539. The maximum atomic E-state index is 12.4. The van der Waals surface area contributed by atoms with Gasteiger partial charge >= 0.3 is 0 Å². The van der Waals surface area contributed by atoms with Crippen molar-refractivity contribution in [3.63, 3.8) is 0 Å². The molecule has 6 heteroatoms. The van der Waals surface area contributed by atoms with Crippen molar-refractivity contribution in [2.45, 2.75) is 26.3 Å². The molecule has 0 aliphatic carbocycles. The van der Waals surface area contributed by atoms with Crippen LogP contribution in [0, 0.1) is 18.3 Å². The standard InChI is InChI=1S/C17H20N4OS/c1-10-6-5-7-12(8-10)14-19-9-13(23-14)17(3)11(2)15(22)21(4)16(18)20-17/h5-9,11H,1-4H3,(H2,18,20)/t11?,17-/m0/s1. The van der Waals surface area contributed by atoms with Crippen LogP contribution < -0.4 is 5.32 Å². The number of aromatic nitrogens is 1. The summed E-state index contributed by atoms with van der Waals surface area (Å²) < 4.78 is 0. The summed E-state index contributed by atoms with van der Waals surface area (Å²) in [6, 6.07) is 8.21. The lowest BCUT2D eigenvalue weighted by Gasteiger charge is -2.43. The molecule has 0 bridgehead atoms. The Morgan fingerprint density at radius 1 is 1.43 bits per heavy atom. The molecular weight excluding hydrogens is 308 g/mol. The van der Waals surface area contributed by atoms with Crippen LogP contribution in [0.4, 0.5) is 0 Å². The summed E-state index contributed by atoms with van der Waals surface area (Å²) in [7, 11) is 1.62. The van der Waals surface area contributed by atoms with Gasteiger partial charge in [-0.15, -0.1) is 11.3 Å². The highest BCUT2D eigenvalue weighted by Crippen LogP contribution is 2.38. The molecule has 3 rings (SSSR count). The van der Waals surface area contributed by atoms with Gasteiger partial charge in [-0.05, 0) is 19.9 Å². The van der Waals surface area contributed by atoms with Crippen molar-refractivity contribution in [2.24, 2.45) is 5.92 Å². The summed E-state index contributed by atoms with van der Waals surface area (Å²) >= 11 is 1.57. The van der Waals surface area contributed by atoms with Gasteiger partial charge in [-0.3, -0.25) is 15.1 Å². The van der Waals surface area contributed by atoms with Crippen LogP contribution in [0.5, 0.6) is 0 Å². The molecule has 23 heavy (non-hydrogen) atoms. The SMILES string of the molecule is Cc1cccc(-c2ncc([C@@]3(C)NC(=N)N(C)C(=O)C3C)s2)c1. The molecule has 1 saturated heterocycles. The van der Waals surface area contributed by atoms with Crippen LogP contribution in [-0.4, -0.2) is 28.8 Å². The molecule has 0 spiro atoms. The minimum atomic E-state index is -0.611. The minimum Gasteiger partial charge on any atom is -0.345 e. The van der Waals surface area contributed by atoms with Gasteiger partial charge in [0.1, 0.15) is 5.01 Å². The zero-order valence-electron chi connectivity index (χ0n) is 13.7. The van der Waals surface area contributed by atoms with E-state index in [4.69, 9.17) is 5.41 Å². The lowest BCUT2D eigenvalue weighted by atomic mass is 9.83. The van der Waals surface area contributed by atoms with Gasteiger partial charge in [-0.1, -0.05) is 30.7 Å². The van der Waals surface area contributed by atoms with E-state index in [1.54, 1.807) is 18.4 Å². The van der Waals surface area contributed by atoms with Crippen molar-refractivity contribution in [2.75, 3.05) is 7.05 Å². The van der Waals surface area contributed by atoms with Gasteiger partial charge in [0.15, 0.2) is 5.96 Å². The van der Waals surface area contributed by atoms with E-state index in [1.165, 1.54) is 10.5 Å². The summed E-state index contributed by atoms with van der Waals surface area (Å²) in [5, 5.41) is 12.1. The van der Waals surface area contributed by atoms with E-state index in [1.807, 2.05) is 32.2 Å². The van der Waals surface area contributed by atoms with Crippen LogP contribution in [0.3, 0.4) is 0 Å². The van der Waals surface area contributed by atoms with E-state index < -0.39 is 5.54 Å². The molecular formula is C17H20N4OS. The molecule has 1 aromatic heterocycles. The average molecular weight is 328 g/mol. The van der Waals surface area contributed by atoms with Crippen molar-refractivity contribution in [3.8, 4) is 10.6 Å². The van der Waals surface area contributed by atoms with Gasteiger partial charge < -0.3 is 5.32 Å². The lowest BCUT2D eigenvalue weighted by Crippen LogP contribution is -2.62. The highest BCUT2D eigenvalue weighted by molar-refractivity contribution is 7.15. The monoisotopic (exact) mass is 328 g/mol. The molecule has 2 heterocycles. The number of amides is 1. The number of thiazole rings is 1. The first-order chi connectivity index (χ1) is 10.8. The molecule has 2 N–H and O–H groups in total. The number of nitrogens with one attached hydrogen (secondary N) is 2. The normalized spacial score (nSPS) is 24.7. The number of rotatable bonds is 2. The zero-order valence-corrected chi connectivity index (χ0v) is 14.5. The lowest BCUT2D eigenvalue weighted by molar-refractivity contribution is -0.134. The largest absolute Gasteiger partial charge is 0.345 e. The summed E-state index contributed by atoms with van der Waals surface area (Å²) in [4.78, 5) is 19.2. The Morgan fingerprint density at radius 3 is 2.87 bits per heavy atom. The quantitative estimate of drug-likeness (QED) is 0.890. The number of guanidine groups is 1. The topological polar surface area (TPSA) is 69.1 Å². The van der Waals surface area contributed by atoms with E-state index in [2.05, 4.69) is 29.4 Å². The molecule has 0 radical (unpaired) electrons. The van der Waals surface area contributed by atoms with E-state index in [-0.39, 0.29) is 17.8 Å². The summed E-state index contributed by atoms with van der Waals surface area (Å²) in [6.45, 7) is 5.91. The van der Waals surface area contributed by atoms with Crippen LogP contribution in [-0.2, 0) is 10.3 Å². The fourth-order valence-electron chi connectivity index (χ4n) is 2.79. The highest BCUT2D eigenvalue weighted by atomic mass is 32.1. The Hall–Kier alpha value is -2.21. The van der Waals surface area contributed by atoms with Crippen LogP contribution in [0.15, 0.2) is 30.5 Å². The summed E-state index contributed by atoms with van der Waals surface area (Å²) in [5.74, 6) is -0.199. The third kappa shape index (κ3) is 2.53. The maximum Gasteiger partial charge on any atom is 0.234 e.